The molecule has 5 aromatic rings. The van der Waals surface area contributed by atoms with E-state index in [0.717, 1.165) is 38.2 Å². The lowest BCUT2D eigenvalue weighted by molar-refractivity contribution is 0.592. The zero-order chi connectivity index (χ0) is 21.8. The second-order valence-corrected chi connectivity index (χ2v) is 10.3. The smallest absolute Gasteiger partial charge is 0.171 e. The Morgan fingerprint density at radius 1 is 0.500 bits per heavy atom. The van der Waals surface area contributed by atoms with Crippen molar-refractivity contribution >= 4 is 23.1 Å². The molecule has 0 saturated heterocycles. The predicted octanol–water partition coefficient (Wildman–Crippen LogP) is 6.06. The summed E-state index contributed by atoms with van der Waals surface area (Å²) in [6, 6.07) is 39.9. The number of benzene rings is 4. The summed E-state index contributed by atoms with van der Waals surface area (Å²) in [6.07, 6.45) is 3.69. The monoisotopic (exact) mass is 431 g/mol. The Morgan fingerprint density at radius 2 is 1.03 bits per heavy atom. The minimum Gasteiger partial charge on any atom is -0.309 e. The van der Waals surface area contributed by atoms with E-state index in [-0.39, 0.29) is 0 Å². The Morgan fingerprint density at radius 3 is 1.66 bits per heavy atom. The second kappa shape index (κ2) is 8.78. The highest BCUT2D eigenvalue weighted by atomic mass is 31.2. The van der Waals surface area contributed by atoms with Gasteiger partial charge in [0.05, 0.1) is 0 Å². The van der Waals surface area contributed by atoms with Gasteiger partial charge in [-0.2, -0.15) is 0 Å². The normalized spacial score (nSPS) is 11.2. The summed E-state index contributed by atoms with van der Waals surface area (Å²) in [4.78, 5) is 4.39. The van der Waals surface area contributed by atoms with Gasteiger partial charge in [-0.25, -0.2) is 0 Å². The Labute approximate surface area is 188 Å². The molecule has 0 aliphatic carbocycles. The van der Waals surface area contributed by atoms with Gasteiger partial charge in [-0.1, -0.05) is 115 Å². The third-order valence-corrected chi connectivity index (χ3v) is 8.80. The Kier molecular flexibility index (Phi) is 5.54. The highest BCUT2D eigenvalue weighted by Gasteiger charge is 2.32. The maximum atomic E-state index is 15.0. The van der Waals surface area contributed by atoms with Crippen LogP contribution in [0.15, 0.2) is 134 Å². The van der Waals surface area contributed by atoms with Crippen LogP contribution in [0.3, 0.4) is 0 Å². The van der Waals surface area contributed by atoms with Crippen LogP contribution < -0.4 is 15.9 Å². The molecule has 0 unspecified atom stereocenters. The number of nitrogens with zero attached hydrogens (tertiary/aromatic N) is 1. The molecule has 0 fully saturated rings. The molecule has 0 saturated carbocycles. The number of pyridine rings is 1. The van der Waals surface area contributed by atoms with Crippen molar-refractivity contribution in [3.63, 3.8) is 0 Å². The van der Waals surface area contributed by atoms with Crippen molar-refractivity contribution in [3.05, 3.63) is 134 Å². The molecule has 0 bridgehead atoms. The van der Waals surface area contributed by atoms with E-state index < -0.39 is 7.14 Å². The van der Waals surface area contributed by atoms with Gasteiger partial charge in [0.1, 0.15) is 0 Å². The maximum absolute atomic E-state index is 15.0. The number of hydrogen-bond acceptors (Lipinski definition) is 2. The number of rotatable bonds is 5. The molecule has 0 aliphatic heterocycles. The van der Waals surface area contributed by atoms with Gasteiger partial charge in [0.15, 0.2) is 7.14 Å². The van der Waals surface area contributed by atoms with E-state index in [1.165, 1.54) is 0 Å². The van der Waals surface area contributed by atoms with Crippen molar-refractivity contribution in [2.75, 3.05) is 0 Å². The molecule has 1 heterocycles. The third-order valence-electron chi connectivity index (χ3n) is 5.68. The average Bonchev–Trinajstić information content (AvgIpc) is 2.90. The summed E-state index contributed by atoms with van der Waals surface area (Å²) in [6.45, 7) is 0. The molecular formula is C29H22NOP. The third kappa shape index (κ3) is 3.60. The Bertz CT molecular complexity index is 1340. The van der Waals surface area contributed by atoms with Crippen molar-refractivity contribution in [2.45, 2.75) is 0 Å². The number of hydrogen-bond donors (Lipinski definition) is 0. The van der Waals surface area contributed by atoms with Crippen LogP contribution in [-0.4, -0.2) is 4.98 Å². The molecule has 0 radical (unpaired) electrons. The van der Waals surface area contributed by atoms with Gasteiger partial charge >= 0.3 is 0 Å². The van der Waals surface area contributed by atoms with Crippen LogP contribution in [0.4, 0.5) is 0 Å². The number of aromatic nitrogens is 1. The molecule has 154 valence electrons. The van der Waals surface area contributed by atoms with Gasteiger partial charge < -0.3 is 4.57 Å². The van der Waals surface area contributed by atoms with Crippen LogP contribution in [0, 0.1) is 0 Å². The first-order chi connectivity index (χ1) is 15.8. The summed E-state index contributed by atoms with van der Waals surface area (Å²) >= 11 is 0. The summed E-state index contributed by atoms with van der Waals surface area (Å²) in [7, 11) is -3.11. The SMILES string of the molecule is O=P(c1ccccc1)(c1ccccc1)c1ccccc1-c1ccncc1-c1ccccc1. The Balaban J connectivity index is 1.80. The van der Waals surface area contributed by atoms with Crippen LogP contribution in [0.5, 0.6) is 0 Å². The molecule has 0 aliphatic rings. The fraction of sp³-hybridized carbons (Fsp3) is 0. The van der Waals surface area contributed by atoms with E-state index >= 15 is 4.57 Å². The van der Waals surface area contributed by atoms with E-state index in [1.807, 2.05) is 109 Å². The minimum atomic E-state index is -3.11. The summed E-state index contributed by atoms with van der Waals surface area (Å²) < 4.78 is 15.0. The van der Waals surface area contributed by atoms with Gasteiger partial charge in [-0.3, -0.25) is 4.98 Å². The molecule has 0 N–H and O–H groups in total. The van der Waals surface area contributed by atoms with Gasteiger partial charge in [0, 0.05) is 33.9 Å². The highest BCUT2D eigenvalue weighted by molar-refractivity contribution is 7.85. The molecule has 3 heteroatoms. The van der Waals surface area contributed by atoms with Crippen LogP contribution in [0.25, 0.3) is 22.3 Å². The van der Waals surface area contributed by atoms with Crippen molar-refractivity contribution in [2.24, 2.45) is 0 Å². The first-order valence-corrected chi connectivity index (χ1v) is 12.3. The molecule has 32 heavy (non-hydrogen) atoms. The van der Waals surface area contributed by atoms with Crippen LogP contribution >= 0.6 is 7.14 Å². The van der Waals surface area contributed by atoms with Crippen LogP contribution in [0.2, 0.25) is 0 Å². The molecule has 2 nitrogen and oxygen atoms in total. The lowest BCUT2D eigenvalue weighted by Gasteiger charge is -2.23. The largest absolute Gasteiger partial charge is 0.309 e. The molecule has 1 aromatic heterocycles. The Hall–Kier alpha value is -3.74. The van der Waals surface area contributed by atoms with Gasteiger partial charge in [-0.15, -0.1) is 0 Å². The topological polar surface area (TPSA) is 30.0 Å². The van der Waals surface area contributed by atoms with Crippen molar-refractivity contribution in [3.8, 4) is 22.3 Å². The van der Waals surface area contributed by atoms with Crippen molar-refractivity contribution in [1.82, 2.24) is 4.98 Å². The lowest BCUT2D eigenvalue weighted by Crippen LogP contribution is -2.26. The zero-order valence-corrected chi connectivity index (χ0v) is 18.4. The predicted molar refractivity (Wildman–Crippen MR) is 135 cm³/mol. The van der Waals surface area contributed by atoms with Gasteiger partial charge in [0.2, 0.25) is 0 Å². The molecule has 4 aromatic carbocycles. The van der Waals surface area contributed by atoms with Gasteiger partial charge in [0.25, 0.3) is 0 Å². The minimum absolute atomic E-state index is 0.828. The van der Waals surface area contributed by atoms with E-state index in [9.17, 15) is 0 Å². The zero-order valence-electron chi connectivity index (χ0n) is 17.5. The van der Waals surface area contributed by atoms with E-state index in [2.05, 4.69) is 23.2 Å². The van der Waals surface area contributed by atoms with E-state index in [0.29, 0.717) is 0 Å². The fourth-order valence-corrected chi connectivity index (χ4v) is 7.02. The standard InChI is InChI=1S/C29H22NOP/c31-32(24-14-6-2-7-15-24,25-16-8-3-9-17-25)29-19-11-10-18-27(29)26-20-21-30-22-28(26)23-12-4-1-5-13-23/h1-22H. The quantitative estimate of drug-likeness (QED) is 0.317. The second-order valence-electron chi connectivity index (χ2n) is 7.58. The molecule has 0 spiro atoms. The van der Waals surface area contributed by atoms with E-state index in [1.54, 1.807) is 6.20 Å². The van der Waals surface area contributed by atoms with Gasteiger partial charge in [-0.05, 0) is 22.8 Å². The first-order valence-electron chi connectivity index (χ1n) is 10.6. The maximum Gasteiger partial charge on any atom is 0.171 e. The van der Waals surface area contributed by atoms with Crippen molar-refractivity contribution < 1.29 is 4.57 Å². The molecule has 0 atom stereocenters. The fourth-order valence-electron chi connectivity index (χ4n) is 4.16. The summed E-state index contributed by atoms with van der Waals surface area (Å²) in [5.74, 6) is 0. The molecule has 5 rings (SSSR count). The van der Waals surface area contributed by atoms with Crippen molar-refractivity contribution in [1.29, 1.82) is 0 Å². The van der Waals surface area contributed by atoms with E-state index in [4.69, 9.17) is 0 Å². The molecule has 0 amide bonds. The van der Waals surface area contributed by atoms with Crippen LogP contribution in [0.1, 0.15) is 0 Å². The average molecular weight is 431 g/mol. The first kappa shape index (κ1) is 20.2. The highest BCUT2D eigenvalue weighted by Crippen LogP contribution is 2.46. The summed E-state index contributed by atoms with van der Waals surface area (Å²) in [5.41, 5.74) is 4.09. The lowest BCUT2D eigenvalue weighted by atomic mass is 9.96. The molecular weight excluding hydrogens is 409 g/mol. The van der Waals surface area contributed by atoms with Crippen LogP contribution in [-0.2, 0) is 4.57 Å². The summed E-state index contributed by atoms with van der Waals surface area (Å²) in [5, 5.41) is 2.49.